The number of hydrogen-bond donors (Lipinski definition) is 0. The zero-order valence-corrected chi connectivity index (χ0v) is 9.30. The summed E-state index contributed by atoms with van der Waals surface area (Å²) in [6.07, 6.45) is 8.72. The van der Waals surface area contributed by atoms with Gasteiger partial charge in [-0.1, -0.05) is 12.8 Å². The van der Waals surface area contributed by atoms with Crippen LogP contribution < -0.4 is 0 Å². The Morgan fingerprint density at radius 2 is 1.91 bits per heavy atom. The Labute approximate surface area is 83.0 Å². The summed E-state index contributed by atoms with van der Waals surface area (Å²) in [6, 6.07) is 0.827. The highest BCUT2D eigenvalue weighted by Crippen LogP contribution is 2.47. The number of halogens is 1. The van der Waals surface area contributed by atoms with Gasteiger partial charge < -0.3 is 0 Å². The molecule has 1 nitrogen and oxygen atoms in total. The van der Waals surface area contributed by atoms with Gasteiger partial charge in [-0.2, -0.15) is 0 Å². The lowest BCUT2D eigenvalue weighted by Crippen LogP contribution is -2.36. The van der Waals surface area contributed by atoms with E-state index in [-0.39, 0.29) is 0 Å². The second kappa shape index (κ2) is 2.87. The molecule has 1 saturated carbocycles. The maximum Gasteiger partial charge on any atom is 0.0308 e. The van der Waals surface area contributed by atoms with Gasteiger partial charge in [-0.05, 0) is 32.6 Å². The highest BCUT2D eigenvalue weighted by Gasteiger charge is 2.44. The van der Waals surface area contributed by atoms with Gasteiger partial charge in [0, 0.05) is 34.4 Å². The Bertz CT molecular complexity index is 152. The zero-order chi connectivity index (χ0) is 7.90. The third kappa shape index (κ3) is 1.22. The highest BCUT2D eigenvalue weighted by molar-refractivity contribution is 14.1. The first-order chi connectivity index (χ1) is 5.25. The Balaban J connectivity index is 2.13. The maximum atomic E-state index is 2.61. The number of nitrogens with zero attached hydrogens (tertiary/aromatic N) is 1. The van der Waals surface area contributed by atoms with Crippen LogP contribution in [-0.4, -0.2) is 14.7 Å². The first-order valence-electron chi connectivity index (χ1n) is 4.70. The van der Waals surface area contributed by atoms with Crippen LogP contribution in [0.1, 0.15) is 45.4 Å². The molecule has 0 aromatic heterocycles. The third-order valence-corrected chi connectivity index (χ3v) is 5.38. The van der Waals surface area contributed by atoms with Crippen LogP contribution in [0.5, 0.6) is 0 Å². The van der Waals surface area contributed by atoms with E-state index in [1.165, 1.54) is 38.5 Å². The van der Waals surface area contributed by atoms with Crippen molar-refractivity contribution in [2.75, 3.05) is 0 Å². The van der Waals surface area contributed by atoms with E-state index in [2.05, 4.69) is 32.9 Å². The first-order valence-corrected chi connectivity index (χ1v) is 5.66. The van der Waals surface area contributed by atoms with E-state index in [9.17, 15) is 0 Å². The molecule has 0 aromatic rings. The minimum atomic E-state index is 0.639. The van der Waals surface area contributed by atoms with Gasteiger partial charge in [0.15, 0.2) is 0 Å². The van der Waals surface area contributed by atoms with Crippen molar-refractivity contribution in [3.8, 4) is 0 Å². The second-order valence-electron chi connectivity index (χ2n) is 4.13. The number of rotatable bonds is 0. The Morgan fingerprint density at radius 1 is 1.27 bits per heavy atom. The minimum Gasteiger partial charge on any atom is -0.239 e. The van der Waals surface area contributed by atoms with Crippen molar-refractivity contribution in [1.82, 2.24) is 3.11 Å². The lowest BCUT2D eigenvalue weighted by atomic mass is 9.96. The van der Waals surface area contributed by atoms with Gasteiger partial charge >= 0.3 is 0 Å². The van der Waals surface area contributed by atoms with Crippen molar-refractivity contribution < 1.29 is 0 Å². The van der Waals surface area contributed by atoms with Crippen LogP contribution in [0.15, 0.2) is 0 Å². The van der Waals surface area contributed by atoms with E-state index >= 15 is 0 Å². The smallest absolute Gasteiger partial charge is 0.0308 e. The van der Waals surface area contributed by atoms with Crippen LogP contribution in [0.2, 0.25) is 0 Å². The van der Waals surface area contributed by atoms with Crippen LogP contribution in [-0.2, 0) is 0 Å². The predicted molar refractivity (Wildman–Crippen MR) is 55.8 cm³/mol. The second-order valence-corrected chi connectivity index (χ2v) is 5.17. The van der Waals surface area contributed by atoms with Crippen molar-refractivity contribution in [1.29, 1.82) is 0 Å². The quantitative estimate of drug-likeness (QED) is 0.480. The molecule has 1 spiro atoms. The molecule has 2 fully saturated rings. The van der Waals surface area contributed by atoms with Gasteiger partial charge in [0.25, 0.3) is 0 Å². The molecular weight excluding hydrogens is 249 g/mol. The molecule has 2 heteroatoms. The topological polar surface area (TPSA) is 3.24 Å². The summed E-state index contributed by atoms with van der Waals surface area (Å²) >= 11 is 2.55. The van der Waals surface area contributed by atoms with Crippen LogP contribution >= 0.6 is 22.9 Å². The summed E-state index contributed by atoms with van der Waals surface area (Å²) < 4.78 is 2.61. The summed E-state index contributed by atoms with van der Waals surface area (Å²) in [5, 5.41) is 0. The van der Waals surface area contributed by atoms with E-state index in [4.69, 9.17) is 0 Å². The van der Waals surface area contributed by atoms with Gasteiger partial charge in [-0.15, -0.1) is 0 Å². The molecule has 0 amide bonds. The van der Waals surface area contributed by atoms with E-state index in [0.717, 1.165) is 6.04 Å². The summed E-state index contributed by atoms with van der Waals surface area (Å²) in [6.45, 7) is 2.36. The molecule has 2 rings (SSSR count). The van der Waals surface area contributed by atoms with Gasteiger partial charge in [0.1, 0.15) is 0 Å². The molecule has 11 heavy (non-hydrogen) atoms. The molecule has 1 saturated heterocycles. The van der Waals surface area contributed by atoms with Crippen LogP contribution in [0.4, 0.5) is 0 Å². The van der Waals surface area contributed by atoms with E-state index in [1.54, 1.807) is 0 Å². The largest absolute Gasteiger partial charge is 0.239 e. The summed E-state index contributed by atoms with van der Waals surface area (Å²) in [4.78, 5) is 0. The van der Waals surface area contributed by atoms with Crippen molar-refractivity contribution in [2.24, 2.45) is 0 Å². The molecule has 1 aliphatic carbocycles. The fourth-order valence-corrected chi connectivity index (χ4v) is 3.66. The average molecular weight is 265 g/mol. The Morgan fingerprint density at radius 3 is 2.36 bits per heavy atom. The molecule has 0 bridgehead atoms. The average Bonchev–Trinajstić information content (AvgIpc) is 2.56. The van der Waals surface area contributed by atoms with Crippen molar-refractivity contribution >= 4 is 22.9 Å². The SMILES string of the molecule is CC1CCC2(CCCC2)N1I. The number of hydrogen-bond acceptors (Lipinski definition) is 1. The normalized spacial score (nSPS) is 37.1. The minimum absolute atomic E-state index is 0.639. The molecule has 1 aliphatic heterocycles. The first kappa shape index (κ1) is 8.30. The fourth-order valence-electron chi connectivity index (χ4n) is 2.66. The Hall–Kier alpha value is 0.690. The monoisotopic (exact) mass is 265 g/mol. The standard InChI is InChI=1S/C9H16IN/c1-8-4-7-9(11(8)10)5-2-3-6-9/h8H,2-7H2,1H3. The van der Waals surface area contributed by atoms with Gasteiger partial charge in [0.05, 0.1) is 0 Å². The highest BCUT2D eigenvalue weighted by atomic mass is 127. The molecule has 1 atom stereocenters. The van der Waals surface area contributed by atoms with Crippen LogP contribution in [0, 0.1) is 0 Å². The summed E-state index contributed by atoms with van der Waals surface area (Å²) in [5.74, 6) is 0. The van der Waals surface area contributed by atoms with E-state index in [0.29, 0.717) is 5.54 Å². The summed E-state index contributed by atoms with van der Waals surface area (Å²) in [5.41, 5.74) is 0.639. The third-order valence-electron chi connectivity index (χ3n) is 3.40. The van der Waals surface area contributed by atoms with Crippen LogP contribution in [0.25, 0.3) is 0 Å². The van der Waals surface area contributed by atoms with Crippen molar-refractivity contribution in [2.45, 2.75) is 57.0 Å². The van der Waals surface area contributed by atoms with Gasteiger partial charge in [0.2, 0.25) is 0 Å². The molecule has 1 unspecified atom stereocenters. The molecule has 0 aromatic carbocycles. The lowest BCUT2D eigenvalue weighted by molar-refractivity contribution is 0.262. The molecular formula is C9H16IN. The van der Waals surface area contributed by atoms with Crippen LogP contribution in [0.3, 0.4) is 0 Å². The van der Waals surface area contributed by atoms with E-state index in [1.807, 2.05) is 0 Å². The molecule has 0 N–H and O–H groups in total. The maximum absolute atomic E-state index is 2.61. The van der Waals surface area contributed by atoms with Gasteiger partial charge in [-0.25, -0.2) is 3.11 Å². The van der Waals surface area contributed by atoms with Crippen molar-refractivity contribution in [3.05, 3.63) is 0 Å². The van der Waals surface area contributed by atoms with E-state index < -0.39 is 0 Å². The molecule has 0 radical (unpaired) electrons. The molecule has 1 heterocycles. The van der Waals surface area contributed by atoms with Crippen molar-refractivity contribution in [3.63, 3.8) is 0 Å². The fraction of sp³-hybridized carbons (Fsp3) is 1.00. The Kier molecular flexibility index (Phi) is 2.17. The molecule has 64 valence electrons. The lowest BCUT2D eigenvalue weighted by Gasteiger charge is -2.31. The zero-order valence-electron chi connectivity index (χ0n) is 7.15. The molecule has 2 aliphatic rings. The predicted octanol–water partition coefficient (Wildman–Crippen LogP) is 3.13. The summed E-state index contributed by atoms with van der Waals surface area (Å²) in [7, 11) is 0. The van der Waals surface area contributed by atoms with Gasteiger partial charge in [-0.3, -0.25) is 0 Å².